The van der Waals surface area contributed by atoms with Crippen molar-refractivity contribution < 1.29 is 9.13 Å². The molecule has 0 aromatic heterocycles. The smallest absolute Gasteiger partial charge is 0.124 e. The van der Waals surface area contributed by atoms with Crippen LogP contribution in [-0.2, 0) is 0 Å². The highest BCUT2D eigenvalue weighted by Crippen LogP contribution is 2.36. The van der Waals surface area contributed by atoms with Crippen LogP contribution in [0.1, 0.15) is 30.9 Å². The first-order valence-corrected chi connectivity index (χ1v) is 7.76. The van der Waals surface area contributed by atoms with E-state index in [1.807, 2.05) is 18.8 Å². The van der Waals surface area contributed by atoms with Gasteiger partial charge in [-0.2, -0.15) is 11.8 Å². The molecule has 2 nitrogen and oxygen atoms in total. The molecule has 0 fully saturated rings. The van der Waals surface area contributed by atoms with Crippen LogP contribution in [0, 0.1) is 5.82 Å². The fourth-order valence-electron chi connectivity index (χ4n) is 2.42. The van der Waals surface area contributed by atoms with E-state index in [1.54, 1.807) is 12.1 Å². The fraction of sp³-hybridized carbons (Fsp3) is 0.571. The maximum atomic E-state index is 13.3. The summed E-state index contributed by atoms with van der Waals surface area (Å²) in [6, 6.07) is 4.99. The van der Waals surface area contributed by atoms with Gasteiger partial charge in [-0.15, -0.1) is 0 Å². The molecule has 0 saturated heterocycles. The Morgan fingerprint density at radius 2 is 2.33 bits per heavy atom. The molecule has 0 radical (unpaired) electrons. The Kier molecular flexibility index (Phi) is 4.89. The van der Waals surface area contributed by atoms with Gasteiger partial charge in [0.25, 0.3) is 0 Å². The summed E-state index contributed by atoms with van der Waals surface area (Å²) in [6.07, 6.45) is 5.51. The van der Waals surface area contributed by atoms with Gasteiger partial charge in [-0.05, 0) is 50.1 Å². The third kappa shape index (κ3) is 3.18. The van der Waals surface area contributed by atoms with Gasteiger partial charge in [0.1, 0.15) is 17.7 Å². The molecule has 1 aliphatic rings. The van der Waals surface area contributed by atoms with Crippen LogP contribution in [0.3, 0.4) is 0 Å². The fourth-order valence-corrected chi connectivity index (χ4v) is 2.88. The van der Waals surface area contributed by atoms with E-state index in [2.05, 4.69) is 11.6 Å². The predicted octanol–water partition coefficient (Wildman–Crippen LogP) is 3.38. The van der Waals surface area contributed by atoms with Crippen molar-refractivity contribution in [1.82, 2.24) is 5.32 Å². The van der Waals surface area contributed by atoms with E-state index in [4.69, 9.17) is 4.74 Å². The third-order valence-corrected chi connectivity index (χ3v) is 4.06. The van der Waals surface area contributed by atoms with Crippen LogP contribution < -0.4 is 10.1 Å². The molecule has 0 saturated carbocycles. The average molecular weight is 269 g/mol. The SMILES string of the molecule is CNC1CC(CCCSC)Oc2ccc(F)cc21. The Labute approximate surface area is 112 Å². The molecular formula is C14H20FNOS. The second-order valence-electron chi connectivity index (χ2n) is 4.63. The molecule has 0 aliphatic carbocycles. The van der Waals surface area contributed by atoms with Crippen molar-refractivity contribution in [1.29, 1.82) is 0 Å². The highest BCUT2D eigenvalue weighted by Gasteiger charge is 2.27. The summed E-state index contributed by atoms with van der Waals surface area (Å²) in [6.45, 7) is 0. The minimum atomic E-state index is -0.196. The van der Waals surface area contributed by atoms with E-state index in [-0.39, 0.29) is 18.0 Å². The summed E-state index contributed by atoms with van der Waals surface area (Å²) >= 11 is 1.86. The number of ether oxygens (including phenoxy) is 1. The molecule has 1 N–H and O–H groups in total. The van der Waals surface area contributed by atoms with Gasteiger partial charge in [0.2, 0.25) is 0 Å². The van der Waals surface area contributed by atoms with E-state index in [0.717, 1.165) is 24.2 Å². The van der Waals surface area contributed by atoms with Gasteiger partial charge in [0.15, 0.2) is 0 Å². The first-order chi connectivity index (χ1) is 8.74. The molecule has 1 aromatic rings. The molecule has 1 heterocycles. The zero-order valence-electron chi connectivity index (χ0n) is 10.9. The first-order valence-electron chi connectivity index (χ1n) is 6.37. The van der Waals surface area contributed by atoms with Gasteiger partial charge in [0, 0.05) is 18.0 Å². The van der Waals surface area contributed by atoms with Gasteiger partial charge in [-0.1, -0.05) is 0 Å². The minimum absolute atomic E-state index is 0.196. The van der Waals surface area contributed by atoms with Gasteiger partial charge in [-0.25, -0.2) is 4.39 Å². The minimum Gasteiger partial charge on any atom is -0.490 e. The van der Waals surface area contributed by atoms with Crippen molar-refractivity contribution in [2.75, 3.05) is 19.1 Å². The molecule has 100 valence electrons. The third-order valence-electron chi connectivity index (χ3n) is 3.36. The van der Waals surface area contributed by atoms with E-state index < -0.39 is 0 Å². The topological polar surface area (TPSA) is 21.3 Å². The Morgan fingerprint density at radius 3 is 3.06 bits per heavy atom. The number of rotatable bonds is 5. The van der Waals surface area contributed by atoms with Gasteiger partial charge < -0.3 is 10.1 Å². The lowest BCUT2D eigenvalue weighted by atomic mass is 9.94. The van der Waals surface area contributed by atoms with E-state index in [0.29, 0.717) is 0 Å². The van der Waals surface area contributed by atoms with Crippen LogP contribution in [0.2, 0.25) is 0 Å². The van der Waals surface area contributed by atoms with Crippen LogP contribution in [0.4, 0.5) is 4.39 Å². The Bertz CT molecular complexity index is 399. The van der Waals surface area contributed by atoms with Crippen LogP contribution in [0.5, 0.6) is 5.75 Å². The average Bonchev–Trinajstić information content (AvgIpc) is 2.38. The predicted molar refractivity (Wildman–Crippen MR) is 74.8 cm³/mol. The maximum absolute atomic E-state index is 13.3. The quantitative estimate of drug-likeness (QED) is 0.828. The molecule has 2 atom stereocenters. The van der Waals surface area contributed by atoms with Crippen molar-refractivity contribution in [3.63, 3.8) is 0 Å². The van der Waals surface area contributed by atoms with Crippen LogP contribution in [0.25, 0.3) is 0 Å². The second kappa shape index (κ2) is 6.43. The van der Waals surface area contributed by atoms with E-state index >= 15 is 0 Å². The molecule has 0 bridgehead atoms. The Hall–Kier alpha value is -0.740. The highest BCUT2D eigenvalue weighted by atomic mass is 32.2. The molecule has 0 amide bonds. The number of benzene rings is 1. The molecule has 2 unspecified atom stereocenters. The summed E-state index contributed by atoms with van der Waals surface area (Å²) in [5.74, 6) is 1.80. The van der Waals surface area contributed by atoms with E-state index in [9.17, 15) is 4.39 Å². The number of thioether (sulfide) groups is 1. The van der Waals surface area contributed by atoms with Gasteiger partial charge in [-0.3, -0.25) is 0 Å². The molecule has 0 spiro atoms. The number of halogens is 1. The summed E-state index contributed by atoms with van der Waals surface area (Å²) < 4.78 is 19.2. The zero-order valence-corrected chi connectivity index (χ0v) is 11.7. The van der Waals surface area contributed by atoms with Crippen molar-refractivity contribution in [3.05, 3.63) is 29.6 Å². The van der Waals surface area contributed by atoms with Crippen LogP contribution in [0.15, 0.2) is 18.2 Å². The Morgan fingerprint density at radius 1 is 1.50 bits per heavy atom. The summed E-state index contributed by atoms with van der Waals surface area (Å²) in [4.78, 5) is 0. The maximum Gasteiger partial charge on any atom is 0.124 e. The molecule has 18 heavy (non-hydrogen) atoms. The largest absolute Gasteiger partial charge is 0.490 e. The lowest BCUT2D eigenvalue weighted by molar-refractivity contribution is 0.142. The molecule has 2 rings (SSSR count). The lowest BCUT2D eigenvalue weighted by Gasteiger charge is -2.32. The molecule has 1 aromatic carbocycles. The number of hydrogen-bond donors (Lipinski definition) is 1. The summed E-state index contributed by atoms with van der Waals surface area (Å²) in [5, 5.41) is 3.26. The van der Waals surface area contributed by atoms with E-state index in [1.165, 1.54) is 18.2 Å². The van der Waals surface area contributed by atoms with Crippen molar-refractivity contribution in [2.24, 2.45) is 0 Å². The second-order valence-corrected chi connectivity index (χ2v) is 5.62. The molecular weight excluding hydrogens is 249 g/mol. The summed E-state index contributed by atoms with van der Waals surface area (Å²) in [5.41, 5.74) is 0.943. The molecule has 1 aliphatic heterocycles. The number of hydrogen-bond acceptors (Lipinski definition) is 3. The van der Waals surface area contributed by atoms with Crippen molar-refractivity contribution in [2.45, 2.75) is 31.4 Å². The normalized spacial score (nSPS) is 22.4. The van der Waals surface area contributed by atoms with Crippen LogP contribution in [-0.4, -0.2) is 25.2 Å². The molecule has 4 heteroatoms. The standard InChI is InChI=1S/C14H20FNOS/c1-16-13-9-11(4-3-7-18-2)17-14-6-5-10(15)8-12(13)14/h5-6,8,11,13,16H,3-4,7,9H2,1-2H3. The Balaban J connectivity index is 2.08. The highest BCUT2D eigenvalue weighted by molar-refractivity contribution is 7.98. The van der Waals surface area contributed by atoms with Crippen molar-refractivity contribution >= 4 is 11.8 Å². The number of nitrogens with one attached hydrogen (secondary N) is 1. The zero-order chi connectivity index (χ0) is 13.0. The van der Waals surface area contributed by atoms with Crippen LogP contribution >= 0.6 is 11.8 Å². The first kappa shape index (κ1) is 13.7. The lowest BCUT2D eigenvalue weighted by Crippen LogP contribution is -2.31. The van der Waals surface area contributed by atoms with Gasteiger partial charge in [0.05, 0.1) is 0 Å². The summed E-state index contributed by atoms with van der Waals surface area (Å²) in [7, 11) is 1.92. The van der Waals surface area contributed by atoms with Crippen molar-refractivity contribution in [3.8, 4) is 5.75 Å². The van der Waals surface area contributed by atoms with Gasteiger partial charge >= 0.3 is 0 Å². The monoisotopic (exact) mass is 269 g/mol. The number of fused-ring (bicyclic) bond motifs is 1.